The van der Waals surface area contributed by atoms with Gasteiger partial charge in [0, 0.05) is 36.3 Å². The van der Waals surface area contributed by atoms with E-state index in [4.69, 9.17) is 5.10 Å². The Hall–Kier alpha value is -2.99. The highest BCUT2D eigenvalue weighted by molar-refractivity contribution is 5.89. The van der Waals surface area contributed by atoms with Crippen LogP contribution in [0.3, 0.4) is 0 Å². The molecule has 1 N–H and O–H groups in total. The number of rotatable bonds is 4. The van der Waals surface area contributed by atoms with Gasteiger partial charge in [0.25, 0.3) is 0 Å². The Morgan fingerprint density at radius 2 is 1.80 bits per heavy atom. The van der Waals surface area contributed by atoms with Gasteiger partial charge in [0.1, 0.15) is 6.17 Å². The highest BCUT2D eigenvalue weighted by Crippen LogP contribution is 2.41. The highest BCUT2D eigenvalue weighted by Gasteiger charge is 2.51. The molecule has 0 bridgehead atoms. The third kappa shape index (κ3) is 3.12. The van der Waals surface area contributed by atoms with Crippen molar-refractivity contribution in [3.8, 4) is 16.9 Å². The molecule has 2 fully saturated rings. The van der Waals surface area contributed by atoms with E-state index < -0.39 is 5.54 Å². The minimum atomic E-state index is -0.427. The third-order valence-corrected chi connectivity index (χ3v) is 6.45. The highest BCUT2D eigenvalue weighted by atomic mass is 16.2. The Balaban J connectivity index is 1.62. The predicted molar refractivity (Wildman–Crippen MR) is 116 cm³/mol. The molecule has 1 saturated carbocycles. The number of aromatic nitrogens is 3. The Morgan fingerprint density at radius 1 is 1.07 bits per heavy atom. The average molecular weight is 402 g/mol. The third-order valence-electron chi connectivity index (χ3n) is 6.45. The normalized spacial score (nSPS) is 20.8. The number of hydrogen-bond acceptors (Lipinski definition) is 4. The summed E-state index contributed by atoms with van der Waals surface area (Å²) in [5.74, 6) is 0.239. The first-order chi connectivity index (χ1) is 14.7. The maximum atomic E-state index is 13.4. The maximum Gasteiger partial charge on any atom is 0.244 e. The van der Waals surface area contributed by atoms with Crippen molar-refractivity contribution in [3.05, 3.63) is 66.6 Å². The first-order valence-corrected chi connectivity index (χ1v) is 10.9. The summed E-state index contributed by atoms with van der Waals surface area (Å²) < 4.78 is 1.91. The number of pyridine rings is 1. The number of hydrogen-bond donors (Lipinski definition) is 1. The molecule has 3 aromatic rings. The van der Waals surface area contributed by atoms with Gasteiger partial charge in [-0.05, 0) is 44.0 Å². The zero-order valence-corrected chi connectivity index (χ0v) is 17.3. The Bertz CT molecular complexity index is 1020. The molecule has 2 aromatic heterocycles. The fraction of sp³-hybridized carbons (Fsp3) is 0.375. The molecule has 2 aliphatic rings. The van der Waals surface area contributed by atoms with E-state index in [-0.39, 0.29) is 12.1 Å². The summed E-state index contributed by atoms with van der Waals surface area (Å²) in [6, 6.07) is 14.1. The van der Waals surface area contributed by atoms with Crippen LogP contribution in [0.15, 0.2) is 61.1 Å². The molecule has 1 aromatic carbocycles. The number of benzene rings is 1. The van der Waals surface area contributed by atoms with Crippen molar-refractivity contribution in [1.29, 1.82) is 0 Å². The summed E-state index contributed by atoms with van der Waals surface area (Å²) in [5.41, 5.74) is 3.49. The van der Waals surface area contributed by atoms with Crippen LogP contribution >= 0.6 is 0 Å². The molecule has 3 heterocycles. The van der Waals surface area contributed by atoms with Crippen LogP contribution in [0.25, 0.3) is 16.9 Å². The number of likely N-dealkylation sites (N-methyl/N-ethyl adjacent to an activating group) is 1. The van der Waals surface area contributed by atoms with Crippen LogP contribution < -0.4 is 5.32 Å². The number of nitrogens with zero attached hydrogens (tertiary/aromatic N) is 4. The summed E-state index contributed by atoms with van der Waals surface area (Å²) in [6.45, 7) is 2.73. The summed E-state index contributed by atoms with van der Waals surface area (Å²) >= 11 is 0. The summed E-state index contributed by atoms with van der Waals surface area (Å²) in [7, 11) is 0. The van der Waals surface area contributed by atoms with Crippen molar-refractivity contribution in [1.82, 2.24) is 25.0 Å². The molecule has 6 nitrogen and oxygen atoms in total. The quantitative estimate of drug-likeness (QED) is 0.715. The van der Waals surface area contributed by atoms with Crippen molar-refractivity contribution < 1.29 is 4.79 Å². The standard InChI is InChI=1S/C24H27N5O/c1-2-28-22(26-24(23(28)30)13-7-4-8-14-24)20-17-29(19-9-5-3-6-10-19)27-21(20)18-11-15-25-16-12-18/h3,5-6,9-12,15-17,22,26H,2,4,7-8,13-14H2,1H3. The average Bonchev–Trinajstić information content (AvgIpc) is 3.36. The Morgan fingerprint density at radius 3 is 2.50 bits per heavy atom. The molecule has 30 heavy (non-hydrogen) atoms. The molecule has 1 atom stereocenters. The molecule has 1 spiro atoms. The van der Waals surface area contributed by atoms with Crippen LogP contribution in [0.1, 0.15) is 50.8 Å². The molecular weight excluding hydrogens is 374 g/mol. The Labute approximate surface area is 176 Å². The van der Waals surface area contributed by atoms with Gasteiger partial charge in [-0.3, -0.25) is 15.1 Å². The summed E-state index contributed by atoms with van der Waals surface area (Å²) in [5, 5.41) is 8.69. The maximum absolute atomic E-state index is 13.4. The van der Waals surface area contributed by atoms with Crippen LogP contribution in [-0.4, -0.2) is 37.7 Å². The van der Waals surface area contributed by atoms with E-state index in [1.165, 1.54) is 6.42 Å². The lowest BCUT2D eigenvalue weighted by Gasteiger charge is -2.31. The monoisotopic (exact) mass is 401 g/mol. The van der Waals surface area contributed by atoms with Crippen LogP contribution in [-0.2, 0) is 4.79 Å². The largest absolute Gasteiger partial charge is 0.321 e. The molecule has 0 radical (unpaired) electrons. The van der Waals surface area contributed by atoms with Crippen LogP contribution in [0.2, 0.25) is 0 Å². The number of amides is 1. The lowest BCUT2D eigenvalue weighted by atomic mass is 9.81. The molecular formula is C24H27N5O. The van der Waals surface area contributed by atoms with E-state index in [0.717, 1.165) is 48.2 Å². The smallest absolute Gasteiger partial charge is 0.244 e. The molecule has 1 unspecified atom stereocenters. The topological polar surface area (TPSA) is 63.1 Å². The van der Waals surface area contributed by atoms with Gasteiger partial charge in [-0.25, -0.2) is 4.68 Å². The van der Waals surface area contributed by atoms with Gasteiger partial charge in [-0.15, -0.1) is 0 Å². The number of nitrogens with one attached hydrogen (secondary N) is 1. The van der Waals surface area contributed by atoms with Crippen LogP contribution in [0.4, 0.5) is 0 Å². The van der Waals surface area contributed by atoms with Crippen molar-refractivity contribution in [2.24, 2.45) is 0 Å². The van der Waals surface area contributed by atoms with Crippen molar-refractivity contribution in [3.63, 3.8) is 0 Å². The minimum absolute atomic E-state index is 0.179. The van der Waals surface area contributed by atoms with Crippen molar-refractivity contribution in [2.45, 2.75) is 50.7 Å². The van der Waals surface area contributed by atoms with E-state index >= 15 is 0 Å². The van der Waals surface area contributed by atoms with E-state index in [1.54, 1.807) is 12.4 Å². The Kier molecular flexibility index (Phi) is 4.87. The second-order valence-electron chi connectivity index (χ2n) is 8.23. The number of carbonyl (C=O) groups excluding carboxylic acids is 1. The fourth-order valence-corrected chi connectivity index (χ4v) is 4.91. The lowest BCUT2D eigenvalue weighted by Crippen LogP contribution is -2.48. The first-order valence-electron chi connectivity index (χ1n) is 10.9. The number of para-hydroxylation sites is 1. The van der Waals surface area contributed by atoms with Crippen molar-refractivity contribution >= 4 is 5.91 Å². The summed E-state index contributed by atoms with van der Waals surface area (Å²) in [4.78, 5) is 19.6. The molecule has 154 valence electrons. The second-order valence-corrected chi connectivity index (χ2v) is 8.23. The molecule has 5 rings (SSSR count). The molecule has 1 aliphatic carbocycles. The molecule has 6 heteroatoms. The second kappa shape index (κ2) is 7.69. The van der Waals surface area contributed by atoms with E-state index in [0.29, 0.717) is 6.54 Å². The van der Waals surface area contributed by atoms with Gasteiger partial charge in [0.15, 0.2) is 0 Å². The molecule has 1 saturated heterocycles. The summed E-state index contributed by atoms with van der Waals surface area (Å²) in [6.07, 6.45) is 10.7. The fourth-order valence-electron chi connectivity index (χ4n) is 4.91. The zero-order valence-electron chi connectivity index (χ0n) is 17.3. The van der Waals surface area contributed by atoms with Crippen molar-refractivity contribution in [2.75, 3.05) is 6.54 Å². The van der Waals surface area contributed by atoms with Gasteiger partial charge in [0.05, 0.1) is 16.9 Å². The van der Waals surface area contributed by atoms with E-state index in [9.17, 15) is 4.79 Å². The lowest BCUT2D eigenvalue weighted by molar-refractivity contribution is -0.134. The minimum Gasteiger partial charge on any atom is -0.321 e. The van der Waals surface area contributed by atoms with Gasteiger partial charge in [-0.1, -0.05) is 37.5 Å². The van der Waals surface area contributed by atoms with Gasteiger partial charge in [-0.2, -0.15) is 5.10 Å². The van der Waals surface area contributed by atoms with Gasteiger partial charge < -0.3 is 4.90 Å². The molecule has 1 aliphatic heterocycles. The predicted octanol–water partition coefficient (Wildman–Crippen LogP) is 4.09. The SMILES string of the molecule is CCN1C(=O)C2(CCCCC2)NC1c1cn(-c2ccccc2)nc1-c1ccncc1. The zero-order chi connectivity index (χ0) is 20.6. The van der Waals surface area contributed by atoms with E-state index in [1.807, 2.05) is 52.0 Å². The van der Waals surface area contributed by atoms with Gasteiger partial charge >= 0.3 is 0 Å². The van der Waals surface area contributed by atoms with Crippen LogP contribution in [0, 0.1) is 0 Å². The van der Waals surface area contributed by atoms with Crippen LogP contribution in [0.5, 0.6) is 0 Å². The first kappa shape index (κ1) is 19.0. The molecule has 1 amide bonds. The number of carbonyl (C=O) groups is 1. The van der Waals surface area contributed by atoms with E-state index in [2.05, 4.69) is 23.4 Å². The van der Waals surface area contributed by atoms with Gasteiger partial charge in [0.2, 0.25) is 5.91 Å².